The summed E-state index contributed by atoms with van der Waals surface area (Å²) in [6.07, 6.45) is 6.10. The Kier molecular flexibility index (Phi) is 6.82. The van der Waals surface area contributed by atoms with Crippen LogP contribution < -0.4 is 5.32 Å². The average molecular weight is 265 g/mol. The van der Waals surface area contributed by atoms with Crippen molar-refractivity contribution in [1.29, 1.82) is 5.26 Å². The second kappa shape index (κ2) is 7.87. The van der Waals surface area contributed by atoms with E-state index in [-0.39, 0.29) is 5.54 Å². The maximum Gasteiger partial charge on any atom is 0.104 e. The van der Waals surface area contributed by atoms with Crippen LogP contribution in [0.4, 0.5) is 0 Å². The van der Waals surface area contributed by atoms with Crippen molar-refractivity contribution < 1.29 is 0 Å². The summed E-state index contributed by atoms with van der Waals surface area (Å²) in [7, 11) is 0. The first-order chi connectivity index (χ1) is 8.99. The largest absolute Gasteiger partial charge is 0.303 e. The number of nitriles is 1. The molecule has 110 valence electrons. The molecular formula is C16H31N3. The van der Waals surface area contributed by atoms with E-state index in [0.29, 0.717) is 6.04 Å². The van der Waals surface area contributed by atoms with E-state index in [1.807, 2.05) is 6.92 Å². The summed E-state index contributed by atoms with van der Waals surface area (Å²) in [6.45, 7) is 12.2. The molecule has 1 saturated heterocycles. The van der Waals surface area contributed by atoms with Crippen LogP contribution in [0, 0.1) is 17.2 Å². The molecule has 0 spiro atoms. The minimum atomic E-state index is -0.365. The lowest BCUT2D eigenvalue weighted by Crippen LogP contribution is -2.45. The molecule has 1 rings (SSSR count). The first-order valence-corrected chi connectivity index (χ1v) is 7.90. The molecule has 0 saturated carbocycles. The molecular weight excluding hydrogens is 234 g/mol. The lowest BCUT2D eigenvalue weighted by molar-refractivity contribution is 0.175. The Morgan fingerprint density at radius 2 is 2.00 bits per heavy atom. The molecule has 19 heavy (non-hydrogen) atoms. The predicted molar refractivity (Wildman–Crippen MR) is 81.0 cm³/mol. The van der Waals surface area contributed by atoms with Crippen LogP contribution in [0.1, 0.15) is 59.8 Å². The molecule has 0 aromatic rings. The fourth-order valence-electron chi connectivity index (χ4n) is 3.07. The maximum atomic E-state index is 9.31. The van der Waals surface area contributed by atoms with Crippen molar-refractivity contribution in [1.82, 2.24) is 10.2 Å². The van der Waals surface area contributed by atoms with Gasteiger partial charge in [-0.15, -0.1) is 0 Å². The highest BCUT2D eigenvalue weighted by Crippen LogP contribution is 2.21. The lowest BCUT2D eigenvalue weighted by atomic mass is 9.93. The highest BCUT2D eigenvalue weighted by atomic mass is 15.1. The maximum absolute atomic E-state index is 9.31. The number of hydrogen-bond donors (Lipinski definition) is 1. The number of piperidine rings is 1. The zero-order valence-corrected chi connectivity index (χ0v) is 13.2. The van der Waals surface area contributed by atoms with Gasteiger partial charge in [0.15, 0.2) is 0 Å². The summed E-state index contributed by atoms with van der Waals surface area (Å²) in [5.41, 5.74) is -0.365. The lowest BCUT2D eigenvalue weighted by Gasteiger charge is -2.32. The molecule has 1 N–H and O–H groups in total. The van der Waals surface area contributed by atoms with Gasteiger partial charge in [-0.3, -0.25) is 5.32 Å². The Labute approximate surface area is 119 Å². The van der Waals surface area contributed by atoms with Crippen LogP contribution in [0.25, 0.3) is 0 Å². The zero-order valence-electron chi connectivity index (χ0n) is 13.2. The van der Waals surface area contributed by atoms with Crippen molar-refractivity contribution in [2.45, 2.75) is 71.4 Å². The van der Waals surface area contributed by atoms with Crippen LogP contribution in [-0.4, -0.2) is 36.1 Å². The molecule has 0 aromatic carbocycles. The topological polar surface area (TPSA) is 39.1 Å². The number of likely N-dealkylation sites (tertiary alicyclic amines) is 1. The van der Waals surface area contributed by atoms with Gasteiger partial charge in [0.25, 0.3) is 0 Å². The quantitative estimate of drug-likeness (QED) is 0.768. The van der Waals surface area contributed by atoms with Gasteiger partial charge in [-0.2, -0.15) is 5.26 Å². The molecule has 1 heterocycles. The van der Waals surface area contributed by atoms with Crippen molar-refractivity contribution in [3.63, 3.8) is 0 Å². The van der Waals surface area contributed by atoms with Gasteiger partial charge in [0, 0.05) is 6.04 Å². The third kappa shape index (κ3) is 5.93. The summed E-state index contributed by atoms with van der Waals surface area (Å²) in [5.74, 6) is 0.947. The fraction of sp³-hybridized carbons (Fsp3) is 0.938. The summed E-state index contributed by atoms with van der Waals surface area (Å²) in [6, 6.07) is 2.80. The van der Waals surface area contributed by atoms with Crippen molar-refractivity contribution in [3.05, 3.63) is 0 Å². The van der Waals surface area contributed by atoms with Crippen molar-refractivity contribution in [2.24, 2.45) is 5.92 Å². The Hall–Kier alpha value is -0.590. The molecule has 1 atom stereocenters. The molecule has 3 nitrogen and oxygen atoms in total. The Morgan fingerprint density at radius 3 is 2.47 bits per heavy atom. The number of rotatable bonds is 7. The average Bonchev–Trinajstić information content (AvgIpc) is 2.38. The zero-order chi connectivity index (χ0) is 14.3. The number of nitrogens with zero attached hydrogens (tertiary/aromatic N) is 2. The predicted octanol–water partition coefficient (Wildman–Crippen LogP) is 3.17. The SMILES string of the molecule is CCC1CCN(CCCC(C)(C#N)NC(C)C)CC1. The smallest absolute Gasteiger partial charge is 0.104 e. The summed E-state index contributed by atoms with van der Waals surface area (Å²) in [4.78, 5) is 2.57. The van der Waals surface area contributed by atoms with E-state index in [2.05, 4.69) is 37.1 Å². The van der Waals surface area contributed by atoms with Gasteiger partial charge in [0.2, 0.25) is 0 Å². The van der Waals surface area contributed by atoms with Crippen LogP contribution in [0.3, 0.4) is 0 Å². The highest BCUT2D eigenvalue weighted by molar-refractivity contribution is 5.04. The molecule has 1 aliphatic rings. The minimum Gasteiger partial charge on any atom is -0.303 e. The number of nitrogens with one attached hydrogen (secondary N) is 1. The molecule has 0 aliphatic carbocycles. The second-order valence-corrected chi connectivity index (χ2v) is 6.54. The third-order valence-electron chi connectivity index (χ3n) is 4.29. The van der Waals surface area contributed by atoms with Crippen LogP contribution >= 0.6 is 0 Å². The number of hydrogen-bond acceptors (Lipinski definition) is 3. The van der Waals surface area contributed by atoms with E-state index < -0.39 is 0 Å². The third-order valence-corrected chi connectivity index (χ3v) is 4.29. The van der Waals surface area contributed by atoms with Gasteiger partial charge in [-0.05, 0) is 72.0 Å². The van der Waals surface area contributed by atoms with E-state index in [1.165, 1.54) is 32.4 Å². The second-order valence-electron chi connectivity index (χ2n) is 6.54. The molecule has 1 fully saturated rings. The van der Waals surface area contributed by atoms with Gasteiger partial charge >= 0.3 is 0 Å². The Morgan fingerprint density at radius 1 is 1.37 bits per heavy atom. The molecule has 0 bridgehead atoms. The van der Waals surface area contributed by atoms with E-state index >= 15 is 0 Å². The van der Waals surface area contributed by atoms with Gasteiger partial charge in [-0.1, -0.05) is 13.3 Å². The standard InChI is InChI=1S/C16H31N3/c1-5-15-7-11-19(12-8-15)10-6-9-16(4,13-17)18-14(2)3/h14-15,18H,5-12H2,1-4H3. The molecule has 1 unspecified atom stereocenters. The molecule has 0 amide bonds. The van der Waals surface area contributed by atoms with Crippen molar-refractivity contribution in [2.75, 3.05) is 19.6 Å². The van der Waals surface area contributed by atoms with Crippen LogP contribution in [0.15, 0.2) is 0 Å². The van der Waals surface area contributed by atoms with E-state index in [1.54, 1.807) is 0 Å². The minimum absolute atomic E-state index is 0.365. The molecule has 0 radical (unpaired) electrons. The van der Waals surface area contributed by atoms with Crippen LogP contribution in [0.2, 0.25) is 0 Å². The molecule has 3 heteroatoms. The van der Waals surface area contributed by atoms with Gasteiger partial charge < -0.3 is 4.90 Å². The summed E-state index contributed by atoms with van der Waals surface area (Å²) >= 11 is 0. The van der Waals surface area contributed by atoms with Crippen LogP contribution in [0.5, 0.6) is 0 Å². The molecule has 0 aromatic heterocycles. The van der Waals surface area contributed by atoms with E-state index in [0.717, 1.165) is 25.3 Å². The van der Waals surface area contributed by atoms with Gasteiger partial charge in [-0.25, -0.2) is 0 Å². The van der Waals surface area contributed by atoms with Crippen LogP contribution in [-0.2, 0) is 0 Å². The Balaban J connectivity index is 2.24. The fourth-order valence-corrected chi connectivity index (χ4v) is 3.07. The Bertz CT molecular complexity index is 287. The molecule has 1 aliphatic heterocycles. The van der Waals surface area contributed by atoms with Gasteiger partial charge in [0.05, 0.1) is 6.07 Å². The van der Waals surface area contributed by atoms with Crippen molar-refractivity contribution >= 4 is 0 Å². The first kappa shape index (κ1) is 16.5. The highest BCUT2D eigenvalue weighted by Gasteiger charge is 2.24. The summed E-state index contributed by atoms with van der Waals surface area (Å²) in [5, 5.41) is 12.7. The van der Waals surface area contributed by atoms with Gasteiger partial charge in [0.1, 0.15) is 5.54 Å². The summed E-state index contributed by atoms with van der Waals surface area (Å²) < 4.78 is 0. The van der Waals surface area contributed by atoms with E-state index in [4.69, 9.17) is 0 Å². The first-order valence-electron chi connectivity index (χ1n) is 7.90. The normalized spacial score (nSPS) is 21.3. The van der Waals surface area contributed by atoms with Crippen molar-refractivity contribution in [3.8, 4) is 6.07 Å². The monoisotopic (exact) mass is 265 g/mol. The van der Waals surface area contributed by atoms with E-state index in [9.17, 15) is 5.26 Å².